The first-order valence-corrected chi connectivity index (χ1v) is 10.6. The van der Waals surface area contributed by atoms with Gasteiger partial charge in [0, 0.05) is 17.6 Å². The van der Waals surface area contributed by atoms with Gasteiger partial charge in [0.2, 0.25) is 0 Å². The van der Waals surface area contributed by atoms with Crippen LogP contribution in [0.2, 0.25) is 0 Å². The van der Waals surface area contributed by atoms with E-state index in [1.165, 1.54) is 6.07 Å². The molecule has 3 atom stereocenters. The fourth-order valence-electron chi connectivity index (χ4n) is 5.49. The van der Waals surface area contributed by atoms with Gasteiger partial charge in [-0.05, 0) is 54.5 Å². The van der Waals surface area contributed by atoms with Crippen molar-refractivity contribution < 1.29 is 39.3 Å². The number of nitrogens with zero attached hydrogens (tertiary/aromatic N) is 1. The number of furan rings is 1. The zero-order chi connectivity index (χ0) is 24.3. The first kappa shape index (κ1) is 21.5. The summed E-state index contributed by atoms with van der Waals surface area (Å²) < 4.78 is 5.67. The fourth-order valence-corrected chi connectivity index (χ4v) is 5.49. The molecule has 6 N–H and O–H groups in total. The Morgan fingerprint density at radius 2 is 1.88 bits per heavy atom. The number of nitrogens with two attached hydrogens (primary N) is 1. The van der Waals surface area contributed by atoms with E-state index < -0.39 is 52.3 Å². The third-order valence-corrected chi connectivity index (χ3v) is 6.85. The van der Waals surface area contributed by atoms with Crippen LogP contribution in [0.25, 0.3) is 11.3 Å². The molecule has 34 heavy (non-hydrogen) atoms. The van der Waals surface area contributed by atoms with Crippen molar-refractivity contribution in [1.29, 1.82) is 0 Å². The number of aliphatic hydroxyl groups is 2. The molecule has 2 aromatic rings. The summed E-state index contributed by atoms with van der Waals surface area (Å²) in [6, 6.07) is 6.18. The van der Waals surface area contributed by atoms with Crippen LogP contribution in [0.3, 0.4) is 0 Å². The van der Waals surface area contributed by atoms with Gasteiger partial charge >= 0.3 is 0 Å². The van der Waals surface area contributed by atoms with E-state index in [-0.39, 0.29) is 35.5 Å². The van der Waals surface area contributed by atoms with Gasteiger partial charge in [0.05, 0.1) is 11.5 Å². The predicted octanol–water partition coefficient (Wildman–Crippen LogP) is 2.53. The average molecular weight is 464 g/mol. The largest absolute Gasteiger partial charge is 0.511 e. The molecule has 3 aliphatic rings. The summed E-state index contributed by atoms with van der Waals surface area (Å²) in [7, 11) is 0. The summed E-state index contributed by atoms with van der Waals surface area (Å²) in [5.41, 5.74) is 5.78. The lowest BCUT2D eigenvalue weighted by Gasteiger charge is -2.41. The molecule has 3 unspecified atom stereocenters. The van der Waals surface area contributed by atoms with Crippen LogP contribution in [-0.2, 0) is 16.0 Å². The van der Waals surface area contributed by atoms with Crippen molar-refractivity contribution in [3.8, 4) is 17.1 Å². The molecule has 0 saturated heterocycles. The van der Waals surface area contributed by atoms with E-state index in [1.807, 2.05) is 0 Å². The number of hydrogen-bond donors (Lipinski definition) is 5. The first-order valence-electron chi connectivity index (χ1n) is 10.6. The molecule has 0 bridgehead atoms. The quantitative estimate of drug-likeness (QED) is 0.199. The van der Waals surface area contributed by atoms with Crippen LogP contribution >= 0.6 is 0 Å². The Kier molecular flexibility index (Phi) is 4.82. The lowest BCUT2D eigenvalue weighted by atomic mass is 9.62. The highest BCUT2D eigenvalue weighted by molar-refractivity contribution is 6.22. The van der Waals surface area contributed by atoms with E-state index in [2.05, 4.69) is 5.16 Å². The normalized spacial score (nSPS) is 24.3. The molecule has 174 valence electrons. The van der Waals surface area contributed by atoms with Crippen molar-refractivity contribution in [2.75, 3.05) is 0 Å². The summed E-state index contributed by atoms with van der Waals surface area (Å²) in [5, 5.41) is 43.4. The number of rotatable bonds is 3. The molecular weight excluding hydrogens is 444 g/mol. The number of primary amides is 1. The monoisotopic (exact) mass is 464 g/mol. The Morgan fingerprint density at radius 3 is 2.59 bits per heavy atom. The summed E-state index contributed by atoms with van der Waals surface area (Å²) in [6.45, 7) is 0. The number of fused-ring (bicyclic) bond motifs is 3. The molecule has 0 radical (unpaired) electrons. The molecule has 0 saturated carbocycles. The molecular formula is C24H20N2O8. The van der Waals surface area contributed by atoms with Crippen LogP contribution in [-0.4, -0.2) is 44.2 Å². The number of benzene rings is 1. The van der Waals surface area contributed by atoms with Gasteiger partial charge in [-0.2, -0.15) is 0 Å². The van der Waals surface area contributed by atoms with Crippen molar-refractivity contribution in [1.82, 2.24) is 0 Å². The number of carbonyl (C=O) groups excluding carboxylic acids is 3. The number of carbonyl (C=O) groups is 3. The number of aliphatic hydroxyl groups excluding tert-OH is 2. The Bertz CT molecular complexity index is 1360. The van der Waals surface area contributed by atoms with Crippen molar-refractivity contribution in [3.05, 3.63) is 63.8 Å². The Morgan fingerprint density at radius 1 is 1.12 bits per heavy atom. The zero-order valence-electron chi connectivity index (χ0n) is 17.7. The van der Waals surface area contributed by atoms with Crippen LogP contribution in [0.1, 0.15) is 34.5 Å². The summed E-state index contributed by atoms with van der Waals surface area (Å²) in [4.78, 5) is 38.1. The second kappa shape index (κ2) is 7.62. The molecule has 0 spiro atoms. The molecule has 1 aromatic carbocycles. The highest BCUT2D eigenvalue weighted by Gasteiger charge is 2.50. The number of ketones is 2. The molecule has 3 aliphatic carbocycles. The molecule has 1 aromatic heterocycles. The number of phenolic OH excluding ortho intramolecular Hbond substituents is 1. The van der Waals surface area contributed by atoms with Crippen LogP contribution in [0, 0.1) is 17.8 Å². The number of aromatic hydroxyl groups is 1. The van der Waals surface area contributed by atoms with E-state index in [0.29, 0.717) is 23.3 Å². The Hall–Kier alpha value is -4.34. The van der Waals surface area contributed by atoms with Gasteiger partial charge in [-0.25, -0.2) is 0 Å². The summed E-state index contributed by atoms with van der Waals surface area (Å²) in [5.74, 6) is -5.13. The van der Waals surface area contributed by atoms with Gasteiger partial charge in [-0.1, -0.05) is 5.16 Å². The Balaban J connectivity index is 1.63. The van der Waals surface area contributed by atoms with Gasteiger partial charge in [-0.15, -0.1) is 0 Å². The molecule has 5 rings (SSSR count). The van der Waals surface area contributed by atoms with Gasteiger partial charge in [0.1, 0.15) is 40.6 Å². The fraction of sp³-hybridized carbons (Fsp3) is 0.250. The van der Waals surface area contributed by atoms with E-state index in [1.54, 1.807) is 18.2 Å². The van der Waals surface area contributed by atoms with Crippen LogP contribution < -0.4 is 5.73 Å². The van der Waals surface area contributed by atoms with Gasteiger partial charge < -0.3 is 30.7 Å². The van der Waals surface area contributed by atoms with Crippen molar-refractivity contribution in [2.45, 2.75) is 19.3 Å². The number of allylic oxidation sites excluding steroid dienone is 3. The lowest BCUT2D eigenvalue weighted by molar-refractivity contribution is -0.126. The number of phenols is 1. The number of oxime groups is 1. The minimum atomic E-state index is -1.16. The minimum Gasteiger partial charge on any atom is -0.511 e. The van der Waals surface area contributed by atoms with E-state index >= 15 is 0 Å². The topological polar surface area (TPSA) is 184 Å². The highest BCUT2D eigenvalue weighted by atomic mass is 16.4. The van der Waals surface area contributed by atoms with Crippen LogP contribution in [0.15, 0.2) is 56.5 Å². The van der Waals surface area contributed by atoms with E-state index in [4.69, 9.17) is 15.4 Å². The van der Waals surface area contributed by atoms with Gasteiger partial charge in [0.15, 0.2) is 11.6 Å². The maximum absolute atomic E-state index is 13.5. The first-order chi connectivity index (χ1) is 16.2. The second-order valence-corrected chi connectivity index (χ2v) is 8.69. The second-order valence-electron chi connectivity index (χ2n) is 8.69. The summed E-state index contributed by atoms with van der Waals surface area (Å²) >= 11 is 0. The molecule has 10 nitrogen and oxygen atoms in total. The van der Waals surface area contributed by atoms with Crippen molar-refractivity contribution in [3.63, 3.8) is 0 Å². The van der Waals surface area contributed by atoms with Crippen molar-refractivity contribution in [2.24, 2.45) is 28.6 Å². The van der Waals surface area contributed by atoms with Crippen LogP contribution in [0.5, 0.6) is 5.75 Å². The molecule has 0 fully saturated rings. The number of Topliss-reactive ketones (excluding diaryl/α,β-unsaturated/α-hetero) is 2. The van der Waals surface area contributed by atoms with E-state index in [9.17, 15) is 29.7 Å². The third kappa shape index (κ3) is 3.02. The highest BCUT2D eigenvalue weighted by Crippen LogP contribution is 2.50. The maximum atomic E-state index is 13.5. The lowest BCUT2D eigenvalue weighted by Crippen LogP contribution is -2.43. The average Bonchev–Trinajstić information content (AvgIpc) is 3.21. The zero-order valence-corrected chi connectivity index (χ0v) is 17.7. The number of hydrogen-bond acceptors (Lipinski definition) is 9. The molecule has 0 aliphatic heterocycles. The van der Waals surface area contributed by atoms with Crippen molar-refractivity contribution >= 4 is 23.7 Å². The van der Waals surface area contributed by atoms with Gasteiger partial charge in [-0.3, -0.25) is 14.4 Å². The standard InChI is InChI=1S/C24H20N2O8/c25-24(32)20-15(28)7-10-5-9-6-13-12(16-4-1-11(34-16)8-26-33)2-3-14(27)19(13)22(30)17(9)21(29)18(10)23(20)31/h1-4,8-10,18,27-29,33H,5-7H2,(H2,25,32)/b26-8+. The maximum Gasteiger partial charge on any atom is 0.255 e. The molecule has 1 heterocycles. The molecule has 1 amide bonds. The minimum absolute atomic E-state index is 0.000650. The molecule has 10 heteroatoms. The SMILES string of the molecule is NC(=O)C1=C(O)CC2CC3Cc4c(-c5ccc(/C=N/O)o5)ccc(O)c4C(=O)C3=C(O)C2C1=O. The Labute approximate surface area is 192 Å². The smallest absolute Gasteiger partial charge is 0.255 e. The predicted molar refractivity (Wildman–Crippen MR) is 116 cm³/mol. The van der Waals surface area contributed by atoms with Crippen LogP contribution in [0.4, 0.5) is 0 Å². The number of amides is 1. The van der Waals surface area contributed by atoms with E-state index in [0.717, 1.165) is 6.21 Å². The van der Waals surface area contributed by atoms with Gasteiger partial charge in [0.25, 0.3) is 5.91 Å². The third-order valence-electron chi connectivity index (χ3n) is 6.85. The summed E-state index contributed by atoms with van der Waals surface area (Å²) in [6.07, 6.45) is 1.65.